The van der Waals surface area contributed by atoms with Crippen LogP contribution in [0.2, 0.25) is 0 Å². The fourth-order valence-corrected chi connectivity index (χ4v) is 1.92. The summed E-state index contributed by atoms with van der Waals surface area (Å²) >= 11 is 0. The van der Waals surface area contributed by atoms with Gasteiger partial charge in [-0.3, -0.25) is 20.4 Å². The van der Waals surface area contributed by atoms with Crippen LogP contribution in [0, 0.1) is 13.8 Å². The Bertz CT molecular complexity index is 728. The number of phenolic OH excluding ortho intramolecular Hbond substituents is 1. The lowest BCUT2D eigenvalue weighted by Gasteiger charge is -2.10. The predicted molar refractivity (Wildman–Crippen MR) is 85.1 cm³/mol. The summed E-state index contributed by atoms with van der Waals surface area (Å²) in [5, 5.41) is 9.71. The van der Waals surface area contributed by atoms with Crippen molar-refractivity contribution in [2.75, 3.05) is 6.61 Å². The zero-order valence-electron chi connectivity index (χ0n) is 12.9. The topological polar surface area (TPSA) is 87.7 Å². The molecule has 0 saturated heterocycles. The van der Waals surface area contributed by atoms with Gasteiger partial charge in [0, 0.05) is 0 Å². The van der Waals surface area contributed by atoms with Crippen molar-refractivity contribution in [3.8, 4) is 11.5 Å². The fraction of sp³-hybridized carbons (Fsp3) is 0.176. The van der Waals surface area contributed by atoms with Crippen molar-refractivity contribution in [3.05, 3.63) is 59.2 Å². The van der Waals surface area contributed by atoms with E-state index < -0.39 is 11.8 Å². The van der Waals surface area contributed by atoms with Gasteiger partial charge in [-0.25, -0.2) is 0 Å². The monoisotopic (exact) mass is 314 g/mol. The van der Waals surface area contributed by atoms with Gasteiger partial charge in [0.1, 0.15) is 11.5 Å². The standard InChI is InChI=1S/C17H18N2O4/c1-11-4-3-5-13(8-11)23-10-16(21)18-19-17(22)14-7-6-12(2)9-15(14)20/h3-9,20H,10H2,1-2H3,(H,18,21)(H,19,22). The van der Waals surface area contributed by atoms with Gasteiger partial charge in [-0.15, -0.1) is 0 Å². The zero-order chi connectivity index (χ0) is 16.8. The molecule has 6 nitrogen and oxygen atoms in total. The lowest BCUT2D eigenvalue weighted by atomic mass is 10.1. The number of hydrazine groups is 1. The van der Waals surface area contributed by atoms with Gasteiger partial charge < -0.3 is 9.84 Å². The van der Waals surface area contributed by atoms with Crippen molar-refractivity contribution >= 4 is 11.8 Å². The number of benzene rings is 2. The van der Waals surface area contributed by atoms with Gasteiger partial charge >= 0.3 is 0 Å². The highest BCUT2D eigenvalue weighted by Gasteiger charge is 2.12. The first-order valence-electron chi connectivity index (χ1n) is 7.04. The molecule has 2 aromatic rings. The Kier molecular flexibility index (Phi) is 5.19. The number of carbonyl (C=O) groups is 2. The number of hydrogen-bond acceptors (Lipinski definition) is 4. The first-order valence-corrected chi connectivity index (χ1v) is 7.04. The Balaban J connectivity index is 1.83. The van der Waals surface area contributed by atoms with Crippen LogP contribution in [-0.4, -0.2) is 23.5 Å². The molecule has 3 N–H and O–H groups in total. The van der Waals surface area contributed by atoms with Crippen LogP contribution in [0.4, 0.5) is 0 Å². The molecule has 2 amide bonds. The van der Waals surface area contributed by atoms with Crippen LogP contribution < -0.4 is 15.6 Å². The normalized spacial score (nSPS) is 10.0. The van der Waals surface area contributed by atoms with E-state index in [0.29, 0.717) is 5.75 Å². The Morgan fingerprint density at radius 1 is 1.04 bits per heavy atom. The molecule has 23 heavy (non-hydrogen) atoms. The molecule has 2 rings (SSSR count). The summed E-state index contributed by atoms with van der Waals surface area (Å²) in [4.78, 5) is 23.5. The summed E-state index contributed by atoms with van der Waals surface area (Å²) in [6, 6.07) is 11.9. The molecule has 0 spiro atoms. The SMILES string of the molecule is Cc1cccc(OCC(=O)NNC(=O)c2ccc(C)cc2O)c1. The molecule has 0 atom stereocenters. The highest BCUT2D eigenvalue weighted by atomic mass is 16.5. The summed E-state index contributed by atoms with van der Waals surface area (Å²) in [6.07, 6.45) is 0. The fourth-order valence-electron chi connectivity index (χ4n) is 1.92. The second-order valence-corrected chi connectivity index (χ2v) is 5.13. The molecule has 0 aromatic heterocycles. The third-order valence-corrected chi connectivity index (χ3v) is 3.07. The second-order valence-electron chi connectivity index (χ2n) is 5.13. The number of rotatable bonds is 4. The quantitative estimate of drug-likeness (QED) is 0.752. The minimum absolute atomic E-state index is 0.0792. The van der Waals surface area contributed by atoms with Gasteiger partial charge in [-0.2, -0.15) is 0 Å². The van der Waals surface area contributed by atoms with Gasteiger partial charge in [-0.1, -0.05) is 18.2 Å². The van der Waals surface area contributed by atoms with Crippen molar-refractivity contribution in [2.24, 2.45) is 0 Å². The molecule has 0 radical (unpaired) electrons. The third kappa shape index (κ3) is 4.74. The van der Waals surface area contributed by atoms with E-state index in [2.05, 4.69) is 10.9 Å². The zero-order valence-corrected chi connectivity index (χ0v) is 12.9. The number of ether oxygens (including phenoxy) is 1. The number of hydrogen-bond donors (Lipinski definition) is 3. The summed E-state index contributed by atoms with van der Waals surface area (Å²) in [5.41, 5.74) is 6.39. The van der Waals surface area contributed by atoms with E-state index in [9.17, 15) is 14.7 Å². The molecule has 6 heteroatoms. The molecule has 0 unspecified atom stereocenters. The van der Waals surface area contributed by atoms with Crippen LogP contribution in [0.5, 0.6) is 11.5 Å². The van der Waals surface area contributed by atoms with Crippen molar-refractivity contribution < 1.29 is 19.4 Å². The Hall–Kier alpha value is -3.02. The molecule has 0 fully saturated rings. The lowest BCUT2D eigenvalue weighted by Crippen LogP contribution is -2.43. The Morgan fingerprint density at radius 2 is 1.78 bits per heavy atom. The first kappa shape index (κ1) is 16.4. The van der Waals surface area contributed by atoms with E-state index in [4.69, 9.17) is 4.74 Å². The van der Waals surface area contributed by atoms with Crippen molar-refractivity contribution in [1.82, 2.24) is 10.9 Å². The Morgan fingerprint density at radius 3 is 2.48 bits per heavy atom. The minimum Gasteiger partial charge on any atom is -0.507 e. The molecular formula is C17H18N2O4. The van der Waals surface area contributed by atoms with Crippen molar-refractivity contribution in [2.45, 2.75) is 13.8 Å². The molecular weight excluding hydrogens is 296 g/mol. The van der Waals surface area contributed by atoms with Crippen LogP contribution in [0.1, 0.15) is 21.5 Å². The van der Waals surface area contributed by atoms with Crippen LogP contribution in [0.15, 0.2) is 42.5 Å². The number of nitrogens with one attached hydrogen (secondary N) is 2. The number of amides is 2. The van der Waals surface area contributed by atoms with E-state index in [1.807, 2.05) is 19.1 Å². The number of aryl methyl sites for hydroxylation is 2. The van der Waals surface area contributed by atoms with Crippen LogP contribution in [0.3, 0.4) is 0 Å². The van der Waals surface area contributed by atoms with Crippen LogP contribution in [0.25, 0.3) is 0 Å². The van der Waals surface area contributed by atoms with E-state index in [1.54, 1.807) is 25.1 Å². The molecule has 2 aromatic carbocycles. The van der Waals surface area contributed by atoms with Crippen molar-refractivity contribution in [3.63, 3.8) is 0 Å². The Labute approximate surface area is 134 Å². The van der Waals surface area contributed by atoms with E-state index >= 15 is 0 Å². The van der Waals surface area contributed by atoms with Crippen molar-refractivity contribution in [1.29, 1.82) is 0 Å². The largest absolute Gasteiger partial charge is 0.507 e. The smallest absolute Gasteiger partial charge is 0.276 e. The number of carbonyl (C=O) groups excluding carboxylic acids is 2. The van der Waals surface area contributed by atoms with E-state index in [-0.39, 0.29) is 17.9 Å². The summed E-state index contributed by atoms with van der Waals surface area (Å²) in [5.74, 6) is -0.687. The maximum absolute atomic E-state index is 11.9. The molecule has 0 aliphatic carbocycles. The lowest BCUT2D eigenvalue weighted by molar-refractivity contribution is -0.123. The van der Waals surface area contributed by atoms with E-state index in [1.165, 1.54) is 12.1 Å². The van der Waals surface area contributed by atoms with Gasteiger partial charge in [-0.05, 0) is 49.2 Å². The number of phenols is 1. The molecule has 0 heterocycles. The highest BCUT2D eigenvalue weighted by Crippen LogP contribution is 2.17. The highest BCUT2D eigenvalue weighted by molar-refractivity contribution is 5.97. The molecule has 0 aliphatic heterocycles. The second kappa shape index (κ2) is 7.31. The number of aromatic hydroxyl groups is 1. The average molecular weight is 314 g/mol. The molecule has 120 valence electrons. The summed E-state index contributed by atoms with van der Waals surface area (Å²) in [7, 11) is 0. The van der Waals surface area contributed by atoms with Crippen LogP contribution in [-0.2, 0) is 4.79 Å². The van der Waals surface area contributed by atoms with E-state index in [0.717, 1.165) is 11.1 Å². The third-order valence-electron chi connectivity index (χ3n) is 3.07. The minimum atomic E-state index is -0.605. The van der Waals surface area contributed by atoms with Gasteiger partial charge in [0.2, 0.25) is 0 Å². The molecule has 0 aliphatic rings. The summed E-state index contributed by atoms with van der Waals surface area (Å²) in [6.45, 7) is 3.48. The maximum Gasteiger partial charge on any atom is 0.276 e. The van der Waals surface area contributed by atoms with Crippen LogP contribution >= 0.6 is 0 Å². The maximum atomic E-state index is 11.9. The van der Waals surface area contributed by atoms with Gasteiger partial charge in [0.25, 0.3) is 11.8 Å². The van der Waals surface area contributed by atoms with Gasteiger partial charge in [0.05, 0.1) is 5.56 Å². The molecule has 0 bridgehead atoms. The van der Waals surface area contributed by atoms with Gasteiger partial charge in [0.15, 0.2) is 6.61 Å². The summed E-state index contributed by atoms with van der Waals surface area (Å²) < 4.78 is 5.31. The molecule has 0 saturated carbocycles. The average Bonchev–Trinajstić information content (AvgIpc) is 2.50. The first-order chi connectivity index (χ1) is 11.0. The predicted octanol–water partition coefficient (Wildman–Crippen LogP) is 1.85.